The number of halogens is 2. The molecule has 0 aliphatic carbocycles. The molecule has 0 saturated carbocycles. The largest absolute Gasteiger partial charge is 0.506 e. The van der Waals surface area contributed by atoms with Gasteiger partial charge in [-0.2, -0.15) is 22.4 Å². The summed E-state index contributed by atoms with van der Waals surface area (Å²) in [6.07, 6.45) is 0. The van der Waals surface area contributed by atoms with Crippen molar-refractivity contribution in [2.24, 2.45) is 0 Å². The van der Waals surface area contributed by atoms with Gasteiger partial charge in [0, 0.05) is 17.9 Å². The van der Waals surface area contributed by atoms with Crippen LogP contribution in [-0.2, 0) is 5.75 Å². The molecule has 7 heteroatoms. The third-order valence-corrected chi connectivity index (χ3v) is 2.57. The second-order valence-corrected chi connectivity index (χ2v) is 3.80. The predicted molar refractivity (Wildman–Crippen MR) is 64.1 cm³/mol. The maximum Gasteiger partial charge on any atom is 0.275 e. The van der Waals surface area contributed by atoms with Crippen LogP contribution in [0.25, 0.3) is 5.69 Å². The van der Waals surface area contributed by atoms with Crippen LogP contribution < -0.4 is 5.56 Å². The summed E-state index contributed by atoms with van der Waals surface area (Å²) in [7, 11) is 0. The zero-order valence-electron chi connectivity index (χ0n) is 8.97. The molecule has 0 saturated heterocycles. The number of hydrogen-bond donors (Lipinski definition) is 2. The lowest BCUT2D eigenvalue weighted by atomic mass is 10.3. The first-order chi connectivity index (χ1) is 8.52. The van der Waals surface area contributed by atoms with E-state index < -0.39 is 17.2 Å². The lowest BCUT2D eigenvalue weighted by Gasteiger charge is -2.08. The molecule has 0 atom stereocenters. The average molecular weight is 270 g/mol. The Kier molecular flexibility index (Phi) is 3.33. The molecule has 0 amide bonds. The number of benzene rings is 1. The molecule has 1 heterocycles. The molecular formula is C11H8F2N2O2S. The summed E-state index contributed by atoms with van der Waals surface area (Å²) in [5.41, 5.74) is -0.979. The number of nitrogens with zero attached hydrogens (tertiary/aromatic N) is 2. The molecule has 0 unspecified atom stereocenters. The second-order valence-electron chi connectivity index (χ2n) is 3.48. The van der Waals surface area contributed by atoms with Crippen molar-refractivity contribution in [3.8, 4) is 11.4 Å². The van der Waals surface area contributed by atoms with Gasteiger partial charge in [0.15, 0.2) is 0 Å². The van der Waals surface area contributed by atoms with Crippen LogP contribution in [0.3, 0.4) is 0 Å². The summed E-state index contributed by atoms with van der Waals surface area (Å²) < 4.78 is 27.3. The minimum atomic E-state index is -0.790. The minimum absolute atomic E-state index is 0.0586. The monoisotopic (exact) mass is 270 g/mol. The Hall–Kier alpha value is -1.89. The molecule has 1 aromatic heterocycles. The fourth-order valence-electron chi connectivity index (χ4n) is 1.42. The average Bonchev–Trinajstić information content (AvgIpc) is 2.33. The van der Waals surface area contributed by atoms with Crippen molar-refractivity contribution >= 4 is 12.6 Å². The van der Waals surface area contributed by atoms with Crippen LogP contribution in [0.1, 0.15) is 5.69 Å². The molecular weight excluding hydrogens is 262 g/mol. The molecule has 0 radical (unpaired) electrons. The maximum absolute atomic E-state index is 13.5. The Morgan fingerprint density at radius 1 is 1.33 bits per heavy atom. The summed E-state index contributed by atoms with van der Waals surface area (Å²) in [5.74, 6) is -1.76. The molecule has 0 aliphatic rings. The van der Waals surface area contributed by atoms with Crippen molar-refractivity contribution < 1.29 is 13.9 Å². The lowest BCUT2D eigenvalue weighted by Crippen LogP contribution is -2.22. The van der Waals surface area contributed by atoms with Gasteiger partial charge >= 0.3 is 0 Å². The first-order valence-corrected chi connectivity index (χ1v) is 5.54. The Morgan fingerprint density at radius 2 is 2.06 bits per heavy atom. The first kappa shape index (κ1) is 12.6. The molecule has 18 heavy (non-hydrogen) atoms. The van der Waals surface area contributed by atoms with Crippen LogP contribution in [0.4, 0.5) is 8.78 Å². The first-order valence-electron chi connectivity index (χ1n) is 4.91. The normalized spacial score (nSPS) is 10.6. The Bertz CT molecular complexity index is 658. The number of aromatic nitrogens is 2. The molecule has 1 aromatic carbocycles. The van der Waals surface area contributed by atoms with Crippen LogP contribution >= 0.6 is 12.6 Å². The van der Waals surface area contributed by atoms with E-state index in [-0.39, 0.29) is 22.9 Å². The molecule has 2 aromatic rings. The fourth-order valence-corrected chi connectivity index (χ4v) is 1.64. The zero-order valence-corrected chi connectivity index (χ0v) is 9.86. The molecule has 0 fully saturated rings. The maximum atomic E-state index is 13.5. The molecule has 1 N–H and O–H groups in total. The van der Waals surface area contributed by atoms with E-state index >= 15 is 0 Å². The minimum Gasteiger partial charge on any atom is -0.506 e. The van der Waals surface area contributed by atoms with Gasteiger partial charge in [-0.1, -0.05) is 0 Å². The number of hydrogen-bond acceptors (Lipinski definition) is 4. The van der Waals surface area contributed by atoms with Gasteiger partial charge in [0.25, 0.3) is 5.56 Å². The van der Waals surface area contributed by atoms with Crippen molar-refractivity contribution in [1.82, 2.24) is 9.78 Å². The number of aromatic hydroxyl groups is 1. The highest BCUT2D eigenvalue weighted by Crippen LogP contribution is 2.16. The summed E-state index contributed by atoms with van der Waals surface area (Å²) >= 11 is 3.91. The Morgan fingerprint density at radius 3 is 2.72 bits per heavy atom. The van der Waals surface area contributed by atoms with Crippen LogP contribution in [0, 0.1) is 11.6 Å². The Balaban J connectivity index is 2.71. The van der Waals surface area contributed by atoms with Crippen molar-refractivity contribution in [3.05, 3.63) is 51.9 Å². The van der Waals surface area contributed by atoms with E-state index in [1.165, 1.54) is 0 Å². The molecule has 4 nitrogen and oxygen atoms in total. The SMILES string of the molecule is O=c1cc(O)c(CS)nn1-c1cc(F)ccc1F. The summed E-state index contributed by atoms with van der Waals surface area (Å²) in [5, 5.41) is 13.1. The van der Waals surface area contributed by atoms with E-state index in [0.717, 1.165) is 24.3 Å². The van der Waals surface area contributed by atoms with E-state index in [1.54, 1.807) is 0 Å². The van der Waals surface area contributed by atoms with E-state index in [4.69, 9.17) is 0 Å². The number of thiol groups is 1. The van der Waals surface area contributed by atoms with E-state index in [0.29, 0.717) is 4.68 Å². The van der Waals surface area contributed by atoms with E-state index in [9.17, 15) is 18.7 Å². The Labute approximate surface area is 106 Å². The third kappa shape index (κ3) is 2.21. The molecule has 94 valence electrons. The van der Waals surface area contributed by atoms with Crippen LogP contribution in [0.2, 0.25) is 0 Å². The van der Waals surface area contributed by atoms with Crippen molar-refractivity contribution in [3.63, 3.8) is 0 Å². The smallest absolute Gasteiger partial charge is 0.275 e. The van der Waals surface area contributed by atoms with E-state index in [2.05, 4.69) is 17.7 Å². The van der Waals surface area contributed by atoms with Gasteiger partial charge < -0.3 is 5.11 Å². The van der Waals surface area contributed by atoms with Crippen LogP contribution in [-0.4, -0.2) is 14.9 Å². The van der Waals surface area contributed by atoms with Crippen LogP contribution in [0.15, 0.2) is 29.1 Å². The second kappa shape index (κ2) is 4.77. The summed E-state index contributed by atoms with van der Waals surface area (Å²) in [6.45, 7) is 0. The topological polar surface area (TPSA) is 55.1 Å². The van der Waals surface area contributed by atoms with E-state index in [1.807, 2.05) is 0 Å². The predicted octanol–water partition coefficient (Wildman–Crippen LogP) is 1.65. The highest BCUT2D eigenvalue weighted by atomic mass is 32.1. The van der Waals surface area contributed by atoms with Gasteiger partial charge in [-0.15, -0.1) is 0 Å². The quantitative estimate of drug-likeness (QED) is 0.816. The zero-order chi connectivity index (χ0) is 13.3. The van der Waals surface area contributed by atoms with Gasteiger partial charge in [-0.25, -0.2) is 8.78 Å². The van der Waals surface area contributed by atoms with Crippen molar-refractivity contribution in [1.29, 1.82) is 0 Å². The standard InChI is InChI=1S/C11H8F2N2O2S/c12-6-1-2-7(13)9(3-6)15-11(17)4-10(16)8(5-18)14-15/h1-4,16,18H,5H2. The summed E-state index contributed by atoms with van der Waals surface area (Å²) in [6, 6.07) is 3.56. The van der Waals surface area contributed by atoms with Gasteiger partial charge in [-0.3, -0.25) is 4.79 Å². The van der Waals surface area contributed by atoms with Gasteiger partial charge in [-0.05, 0) is 12.1 Å². The highest BCUT2D eigenvalue weighted by molar-refractivity contribution is 7.79. The summed E-state index contributed by atoms with van der Waals surface area (Å²) in [4.78, 5) is 11.6. The van der Waals surface area contributed by atoms with Gasteiger partial charge in [0.2, 0.25) is 0 Å². The number of rotatable bonds is 2. The third-order valence-electron chi connectivity index (χ3n) is 2.27. The molecule has 2 rings (SSSR count). The lowest BCUT2D eigenvalue weighted by molar-refractivity contribution is 0.459. The van der Waals surface area contributed by atoms with Crippen molar-refractivity contribution in [2.45, 2.75) is 5.75 Å². The fraction of sp³-hybridized carbons (Fsp3) is 0.0909. The van der Waals surface area contributed by atoms with Gasteiger partial charge in [0.1, 0.15) is 28.8 Å². The molecule has 0 aliphatic heterocycles. The van der Waals surface area contributed by atoms with Gasteiger partial charge in [0.05, 0.1) is 0 Å². The van der Waals surface area contributed by atoms with Crippen LogP contribution in [0.5, 0.6) is 5.75 Å². The molecule has 0 bridgehead atoms. The highest BCUT2D eigenvalue weighted by Gasteiger charge is 2.12. The molecule has 0 spiro atoms. The van der Waals surface area contributed by atoms with Crippen molar-refractivity contribution in [2.75, 3.05) is 0 Å².